The van der Waals surface area contributed by atoms with Crippen LogP contribution >= 0.6 is 0 Å². The van der Waals surface area contributed by atoms with Gasteiger partial charge in [0.05, 0.1) is 0 Å². The Morgan fingerprint density at radius 3 is 2.00 bits per heavy atom. The van der Waals surface area contributed by atoms with Crippen molar-refractivity contribution in [3.05, 3.63) is 0 Å². The minimum absolute atomic E-state index is 0.170. The van der Waals surface area contributed by atoms with Crippen molar-refractivity contribution in [3.63, 3.8) is 0 Å². The average Bonchev–Trinajstić information content (AvgIpc) is 2.29. The fourth-order valence-electron chi connectivity index (χ4n) is 1.13. The van der Waals surface area contributed by atoms with E-state index in [2.05, 4.69) is 12.2 Å². The summed E-state index contributed by atoms with van der Waals surface area (Å²) in [6, 6.07) is 0. The fraction of sp³-hybridized carbons (Fsp3) is 0.846. The Labute approximate surface area is 105 Å². The van der Waals surface area contributed by atoms with Gasteiger partial charge in [-0.15, -0.1) is 0 Å². The SMILES string of the molecule is CC.CCCCCCCC(N)=O.O=C1CCN1. The molecule has 1 aliphatic rings. The highest BCUT2D eigenvalue weighted by atomic mass is 16.2. The molecule has 0 atom stereocenters. The number of carbonyl (C=O) groups is 2. The van der Waals surface area contributed by atoms with Gasteiger partial charge in [-0.1, -0.05) is 46.5 Å². The highest BCUT2D eigenvalue weighted by Crippen LogP contribution is 2.03. The van der Waals surface area contributed by atoms with Crippen molar-refractivity contribution in [2.24, 2.45) is 5.73 Å². The number of amides is 2. The van der Waals surface area contributed by atoms with Crippen LogP contribution in [0.3, 0.4) is 0 Å². The Balaban J connectivity index is 0. The molecular weight excluding hydrogens is 216 g/mol. The lowest BCUT2D eigenvalue weighted by Crippen LogP contribution is -2.37. The third-order valence-electron chi connectivity index (χ3n) is 2.20. The summed E-state index contributed by atoms with van der Waals surface area (Å²) in [7, 11) is 0. The normalized spacial score (nSPS) is 12.1. The zero-order valence-electron chi connectivity index (χ0n) is 11.6. The molecule has 1 aliphatic heterocycles. The first-order valence-electron chi connectivity index (χ1n) is 6.71. The first kappa shape index (κ1) is 18.3. The molecule has 3 N–H and O–H groups in total. The number of hydrogen-bond donors (Lipinski definition) is 2. The van der Waals surface area contributed by atoms with Crippen LogP contribution in [0, 0.1) is 0 Å². The largest absolute Gasteiger partial charge is 0.370 e. The van der Waals surface area contributed by atoms with Gasteiger partial charge in [-0.05, 0) is 6.42 Å². The lowest BCUT2D eigenvalue weighted by Gasteiger charge is -2.10. The van der Waals surface area contributed by atoms with E-state index in [9.17, 15) is 9.59 Å². The van der Waals surface area contributed by atoms with E-state index < -0.39 is 0 Å². The van der Waals surface area contributed by atoms with E-state index >= 15 is 0 Å². The number of carbonyl (C=O) groups excluding carboxylic acids is 2. The average molecular weight is 244 g/mol. The van der Waals surface area contributed by atoms with Crippen LogP contribution in [0.25, 0.3) is 0 Å². The summed E-state index contributed by atoms with van der Waals surface area (Å²) < 4.78 is 0. The lowest BCUT2D eigenvalue weighted by atomic mass is 10.1. The van der Waals surface area contributed by atoms with Crippen molar-refractivity contribution < 1.29 is 9.59 Å². The second-order valence-electron chi connectivity index (χ2n) is 3.73. The van der Waals surface area contributed by atoms with E-state index in [0.717, 1.165) is 25.8 Å². The molecule has 2 amide bonds. The standard InChI is InChI=1S/C8H17NO.C3H5NO.C2H6/c1-2-3-4-5-6-7-8(9)10;5-3-1-2-4-3;1-2/h2-7H2,1H3,(H2,9,10);1-2H2,(H,4,5);1-2H3. The predicted molar refractivity (Wildman–Crippen MR) is 71.5 cm³/mol. The van der Waals surface area contributed by atoms with Gasteiger partial charge >= 0.3 is 0 Å². The van der Waals surface area contributed by atoms with E-state index in [1.807, 2.05) is 13.8 Å². The van der Waals surface area contributed by atoms with Crippen molar-refractivity contribution in [3.8, 4) is 0 Å². The zero-order valence-corrected chi connectivity index (χ0v) is 11.6. The minimum atomic E-state index is -0.170. The molecule has 0 aromatic carbocycles. The van der Waals surface area contributed by atoms with Gasteiger partial charge in [-0.3, -0.25) is 9.59 Å². The van der Waals surface area contributed by atoms with Gasteiger partial charge in [-0.2, -0.15) is 0 Å². The summed E-state index contributed by atoms with van der Waals surface area (Å²) in [5.74, 6) is 0.0153. The second-order valence-corrected chi connectivity index (χ2v) is 3.73. The van der Waals surface area contributed by atoms with Gasteiger partial charge in [0.25, 0.3) is 0 Å². The molecular formula is C13H28N2O2. The van der Waals surface area contributed by atoms with Gasteiger partial charge in [0.1, 0.15) is 0 Å². The van der Waals surface area contributed by atoms with Gasteiger partial charge in [-0.25, -0.2) is 0 Å². The predicted octanol–water partition coefficient (Wildman–Crippen LogP) is 2.36. The summed E-state index contributed by atoms with van der Waals surface area (Å²) in [4.78, 5) is 20.0. The fourth-order valence-corrected chi connectivity index (χ4v) is 1.13. The van der Waals surface area contributed by atoms with Crippen LogP contribution in [0.5, 0.6) is 0 Å². The van der Waals surface area contributed by atoms with E-state index in [0.29, 0.717) is 6.42 Å². The Morgan fingerprint density at radius 2 is 1.71 bits per heavy atom. The maximum Gasteiger partial charge on any atom is 0.221 e. The summed E-state index contributed by atoms with van der Waals surface area (Å²) in [5, 5.41) is 2.57. The van der Waals surface area contributed by atoms with Crippen molar-refractivity contribution in [2.75, 3.05) is 6.54 Å². The second kappa shape index (κ2) is 14.9. The highest BCUT2D eigenvalue weighted by Gasteiger charge is 2.07. The third kappa shape index (κ3) is 17.5. The minimum Gasteiger partial charge on any atom is -0.370 e. The van der Waals surface area contributed by atoms with Gasteiger partial charge in [0, 0.05) is 19.4 Å². The molecule has 17 heavy (non-hydrogen) atoms. The Bertz CT molecular complexity index is 188. The van der Waals surface area contributed by atoms with E-state index in [1.165, 1.54) is 19.3 Å². The van der Waals surface area contributed by atoms with Crippen molar-refractivity contribution in [2.45, 2.75) is 65.7 Å². The van der Waals surface area contributed by atoms with Crippen LogP contribution in [-0.4, -0.2) is 18.4 Å². The number of nitrogens with two attached hydrogens (primary N) is 1. The summed E-state index contributed by atoms with van der Waals surface area (Å²) in [5.41, 5.74) is 4.97. The first-order valence-corrected chi connectivity index (χ1v) is 6.71. The number of β-lactam (4-membered cyclic amide) rings is 1. The van der Waals surface area contributed by atoms with Gasteiger partial charge < -0.3 is 11.1 Å². The Hall–Kier alpha value is -1.06. The number of hydrogen-bond acceptors (Lipinski definition) is 2. The maximum atomic E-state index is 10.3. The summed E-state index contributed by atoms with van der Waals surface area (Å²) >= 11 is 0. The smallest absolute Gasteiger partial charge is 0.221 e. The van der Waals surface area contributed by atoms with Crippen LogP contribution in [0.15, 0.2) is 0 Å². The zero-order chi connectivity index (χ0) is 13.5. The van der Waals surface area contributed by atoms with Crippen LogP contribution in [-0.2, 0) is 9.59 Å². The number of unbranched alkanes of at least 4 members (excludes halogenated alkanes) is 4. The lowest BCUT2D eigenvalue weighted by molar-refractivity contribution is -0.125. The van der Waals surface area contributed by atoms with Crippen LogP contribution in [0.2, 0.25) is 0 Å². The molecule has 0 radical (unpaired) electrons. The van der Waals surface area contributed by atoms with Crippen molar-refractivity contribution in [1.29, 1.82) is 0 Å². The molecule has 0 bridgehead atoms. The monoisotopic (exact) mass is 244 g/mol. The Kier molecular flexibility index (Phi) is 16.1. The first-order chi connectivity index (χ1) is 8.16. The van der Waals surface area contributed by atoms with E-state index in [-0.39, 0.29) is 11.8 Å². The molecule has 1 saturated heterocycles. The molecule has 0 saturated carbocycles. The molecule has 1 rings (SSSR count). The molecule has 0 spiro atoms. The molecule has 4 nitrogen and oxygen atoms in total. The van der Waals surface area contributed by atoms with E-state index in [4.69, 9.17) is 5.73 Å². The van der Waals surface area contributed by atoms with Crippen LogP contribution in [0.1, 0.15) is 65.7 Å². The molecule has 1 heterocycles. The maximum absolute atomic E-state index is 10.3. The molecule has 0 aliphatic carbocycles. The number of primary amides is 1. The quantitative estimate of drug-likeness (QED) is 0.556. The molecule has 102 valence electrons. The van der Waals surface area contributed by atoms with Gasteiger partial charge in [0.2, 0.25) is 11.8 Å². The molecule has 1 fully saturated rings. The van der Waals surface area contributed by atoms with Gasteiger partial charge in [0.15, 0.2) is 0 Å². The van der Waals surface area contributed by atoms with Crippen LogP contribution < -0.4 is 11.1 Å². The third-order valence-corrected chi connectivity index (χ3v) is 2.20. The van der Waals surface area contributed by atoms with Crippen molar-refractivity contribution >= 4 is 11.8 Å². The van der Waals surface area contributed by atoms with E-state index in [1.54, 1.807) is 0 Å². The molecule has 0 aromatic rings. The molecule has 4 heteroatoms. The Morgan fingerprint density at radius 1 is 1.24 bits per heavy atom. The molecule has 0 aromatic heterocycles. The topological polar surface area (TPSA) is 72.2 Å². The highest BCUT2D eigenvalue weighted by molar-refractivity contribution is 5.81. The summed E-state index contributed by atoms with van der Waals surface area (Å²) in [6.07, 6.45) is 7.18. The molecule has 0 unspecified atom stereocenters. The summed E-state index contributed by atoms with van der Waals surface area (Å²) in [6.45, 7) is 7.06. The number of rotatable bonds is 6. The van der Waals surface area contributed by atoms with Crippen molar-refractivity contribution in [1.82, 2.24) is 5.32 Å². The van der Waals surface area contributed by atoms with Crippen LogP contribution in [0.4, 0.5) is 0 Å². The number of nitrogens with one attached hydrogen (secondary N) is 1.